The first kappa shape index (κ1) is 13.8. The molecule has 0 saturated carbocycles. The fourth-order valence-corrected chi connectivity index (χ4v) is 3.78. The number of thiocarbonyl (C=S) groups is 1. The van der Waals surface area contributed by atoms with Crippen molar-refractivity contribution in [3.05, 3.63) is 47.8 Å². The van der Waals surface area contributed by atoms with Gasteiger partial charge >= 0.3 is 0 Å². The van der Waals surface area contributed by atoms with Crippen molar-refractivity contribution in [3.63, 3.8) is 0 Å². The number of hydrogen-bond acceptors (Lipinski definition) is 3. The maximum atomic E-state index is 12.9. The Balaban J connectivity index is 1.42. The smallest absolute Gasteiger partial charge is 0.257 e. The van der Waals surface area contributed by atoms with Gasteiger partial charge in [-0.3, -0.25) is 10.1 Å². The molecule has 3 aliphatic rings. The summed E-state index contributed by atoms with van der Waals surface area (Å²) in [7, 11) is 0. The number of halogens is 1. The van der Waals surface area contributed by atoms with Crippen LogP contribution in [0, 0.1) is 11.7 Å². The molecule has 0 aliphatic carbocycles. The summed E-state index contributed by atoms with van der Waals surface area (Å²) in [6.45, 7) is 1.47. The number of nitrogens with one attached hydrogen (secondary N) is 1. The van der Waals surface area contributed by atoms with Gasteiger partial charge in [0.25, 0.3) is 5.91 Å². The standard InChI is InChI=1S/C16H15FN2O2S/c17-12-3-1-10(2-4-12)14(20)18-15(22)19-8-11-7-13-5-6-16(11,9-19)21-13/h1-6,11,13H,7-9H2,(H,18,20,22). The fraction of sp³-hybridized carbons (Fsp3) is 0.375. The van der Waals surface area contributed by atoms with Gasteiger partial charge in [-0.2, -0.15) is 0 Å². The Bertz CT molecular complexity index is 675. The maximum Gasteiger partial charge on any atom is 0.257 e. The monoisotopic (exact) mass is 318 g/mol. The zero-order chi connectivity index (χ0) is 15.3. The molecular formula is C16H15FN2O2S. The summed E-state index contributed by atoms with van der Waals surface area (Å²) in [4.78, 5) is 14.1. The molecule has 6 heteroatoms. The third kappa shape index (κ3) is 2.14. The van der Waals surface area contributed by atoms with Crippen LogP contribution in [-0.4, -0.2) is 40.7 Å². The number of fused-ring (bicyclic) bond motifs is 1. The molecule has 3 atom stereocenters. The van der Waals surface area contributed by atoms with Crippen molar-refractivity contribution in [2.75, 3.05) is 13.1 Å². The number of benzene rings is 1. The molecule has 3 heterocycles. The van der Waals surface area contributed by atoms with Crippen LogP contribution in [0.2, 0.25) is 0 Å². The number of nitrogens with zero attached hydrogens (tertiary/aromatic N) is 1. The summed E-state index contributed by atoms with van der Waals surface area (Å²) in [6, 6.07) is 5.40. The van der Waals surface area contributed by atoms with Crippen LogP contribution >= 0.6 is 12.2 Å². The Morgan fingerprint density at radius 1 is 1.41 bits per heavy atom. The second-order valence-electron chi connectivity index (χ2n) is 6.05. The number of ether oxygens (including phenoxy) is 1. The minimum absolute atomic E-state index is 0.227. The lowest BCUT2D eigenvalue weighted by Gasteiger charge is -2.23. The van der Waals surface area contributed by atoms with E-state index in [0.29, 0.717) is 23.1 Å². The lowest BCUT2D eigenvalue weighted by atomic mass is 9.86. The second kappa shape index (κ2) is 4.86. The third-order valence-corrected chi connectivity index (χ3v) is 5.02. The van der Waals surface area contributed by atoms with Gasteiger partial charge in [-0.1, -0.05) is 12.2 Å². The Morgan fingerprint density at radius 3 is 2.86 bits per heavy atom. The van der Waals surface area contributed by atoms with Gasteiger partial charge in [-0.15, -0.1) is 0 Å². The molecule has 114 valence electrons. The van der Waals surface area contributed by atoms with E-state index >= 15 is 0 Å². The molecule has 1 amide bonds. The molecular weight excluding hydrogens is 303 g/mol. The van der Waals surface area contributed by atoms with E-state index in [2.05, 4.69) is 17.5 Å². The predicted molar refractivity (Wildman–Crippen MR) is 82.9 cm³/mol. The van der Waals surface area contributed by atoms with E-state index in [4.69, 9.17) is 17.0 Å². The molecule has 1 aromatic carbocycles. The molecule has 1 spiro atoms. The summed E-state index contributed by atoms with van der Waals surface area (Å²) < 4.78 is 18.9. The van der Waals surface area contributed by atoms with Crippen molar-refractivity contribution in [1.82, 2.24) is 10.2 Å². The fourth-order valence-electron chi connectivity index (χ4n) is 3.55. The summed E-state index contributed by atoms with van der Waals surface area (Å²) >= 11 is 5.35. The number of rotatable bonds is 1. The Morgan fingerprint density at radius 2 is 2.18 bits per heavy atom. The van der Waals surface area contributed by atoms with Crippen LogP contribution in [0.3, 0.4) is 0 Å². The van der Waals surface area contributed by atoms with Gasteiger partial charge in [0, 0.05) is 18.0 Å². The summed E-state index contributed by atoms with van der Waals surface area (Å²) in [6.07, 6.45) is 5.51. The topological polar surface area (TPSA) is 41.6 Å². The van der Waals surface area contributed by atoms with Gasteiger partial charge in [-0.25, -0.2) is 4.39 Å². The number of carbonyl (C=O) groups is 1. The SMILES string of the molecule is O=C(NC(=S)N1CC2CC3C=CC2(C1)O3)c1ccc(F)cc1. The lowest BCUT2D eigenvalue weighted by Crippen LogP contribution is -2.43. The van der Waals surface area contributed by atoms with Gasteiger partial charge in [0.1, 0.15) is 11.4 Å². The van der Waals surface area contributed by atoms with Crippen molar-refractivity contribution in [2.45, 2.75) is 18.1 Å². The minimum atomic E-state index is -0.370. The van der Waals surface area contributed by atoms with Crippen LogP contribution in [0.5, 0.6) is 0 Å². The summed E-state index contributed by atoms with van der Waals surface area (Å²) in [5.74, 6) is -0.256. The number of hydrogen-bond donors (Lipinski definition) is 1. The highest BCUT2D eigenvalue weighted by atomic mass is 32.1. The molecule has 2 fully saturated rings. The minimum Gasteiger partial charge on any atom is -0.361 e. The zero-order valence-electron chi connectivity index (χ0n) is 11.8. The molecule has 1 N–H and O–H groups in total. The molecule has 22 heavy (non-hydrogen) atoms. The van der Waals surface area contributed by atoms with Gasteiger partial charge in [0.2, 0.25) is 0 Å². The number of likely N-dealkylation sites (tertiary alicyclic amines) is 1. The average Bonchev–Trinajstić information content (AvgIpc) is 3.14. The molecule has 3 aliphatic heterocycles. The molecule has 0 radical (unpaired) electrons. The molecule has 1 aromatic rings. The van der Waals surface area contributed by atoms with E-state index in [1.165, 1.54) is 24.3 Å². The number of amides is 1. The highest BCUT2D eigenvalue weighted by molar-refractivity contribution is 7.80. The summed E-state index contributed by atoms with van der Waals surface area (Å²) in [5.41, 5.74) is 0.161. The van der Waals surface area contributed by atoms with Crippen LogP contribution in [0.4, 0.5) is 4.39 Å². The van der Waals surface area contributed by atoms with Crippen LogP contribution in [-0.2, 0) is 4.74 Å². The Kier molecular flexibility index (Phi) is 3.06. The highest BCUT2D eigenvalue weighted by Crippen LogP contribution is 2.47. The Labute approximate surface area is 132 Å². The van der Waals surface area contributed by atoms with Gasteiger partial charge < -0.3 is 9.64 Å². The van der Waals surface area contributed by atoms with E-state index in [0.717, 1.165) is 13.0 Å². The largest absolute Gasteiger partial charge is 0.361 e. The summed E-state index contributed by atoms with van der Waals surface area (Å²) in [5, 5.41) is 3.12. The van der Waals surface area contributed by atoms with Crippen LogP contribution in [0.25, 0.3) is 0 Å². The van der Waals surface area contributed by atoms with Crippen molar-refractivity contribution in [3.8, 4) is 0 Å². The maximum absolute atomic E-state index is 12.9. The zero-order valence-corrected chi connectivity index (χ0v) is 12.6. The highest BCUT2D eigenvalue weighted by Gasteiger charge is 2.55. The lowest BCUT2D eigenvalue weighted by molar-refractivity contribution is 0.0283. The third-order valence-electron chi connectivity index (χ3n) is 4.66. The van der Waals surface area contributed by atoms with Crippen molar-refractivity contribution < 1.29 is 13.9 Å². The molecule has 3 unspecified atom stereocenters. The van der Waals surface area contributed by atoms with Crippen LogP contribution < -0.4 is 5.32 Å². The first-order chi connectivity index (χ1) is 10.6. The predicted octanol–water partition coefficient (Wildman–Crippen LogP) is 1.87. The average molecular weight is 318 g/mol. The van der Waals surface area contributed by atoms with Crippen LogP contribution in [0.15, 0.2) is 36.4 Å². The quantitative estimate of drug-likeness (QED) is 0.634. The molecule has 2 saturated heterocycles. The molecule has 4 nitrogen and oxygen atoms in total. The van der Waals surface area contributed by atoms with Gasteiger partial charge in [-0.05, 0) is 42.9 Å². The molecule has 0 aromatic heterocycles. The van der Waals surface area contributed by atoms with E-state index in [1.54, 1.807) is 0 Å². The molecule has 4 rings (SSSR count). The van der Waals surface area contributed by atoms with Gasteiger partial charge in [0.15, 0.2) is 5.11 Å². The first-order valence-electron chi connectivity index (χ1n) is 7.29. The number of carbonyl (C=O) groups excluding carboxylic acids is 1. The van der Waals surface area contributed by atoms with Crippen molar-refractivity contribution in [2.24, 2.45) is 5.92 Å². The normalized spacial score (nSPS) is 31.4. The van der Waals surface area contributed by atoms with E-state index < -0.39 is 0 Å². The first-order valence-corrected chi connectivity index (χ1v) is 7.70. The van der Waals surface area contributed by atoms with Gasteiger partial charge in [0.05, 0.1) is 12.6 Å². The van der Waals surface area contributed by atoms with E-state index in [-0.39, 0.29) is 23.4 Å². The second-order valence-corrected chi connectivity index (χ2v) is 6.44. The molecule has 2 bridgehead atoms. The van der Waals surface area contributed by atoms with E-state index in [9.17, 15) is 9.18 Å². The van der Waals surface area contributed by atoms with Crippen LogP contribution in [0.1, 0.15) is 16.8 Å². The van der Waals surface area contributed by atoms with Crippen molar-refractivity contribution in [1.29, 1.82) is 0 Å². The van der Waals surface area contributed by atoms with E-state index in [1.807, 2.05) is 4.90 Å². The Hall–Kier alpha value is -1.79. The van der Waals surface area contributed by atoms with Crippen molar-refractivity contribution >= 4 is 23.2 Å².